The summed E-state index contributed by atoms with van der Waals surface area (Å²) in [4.78, 5) is 14.5. The van der Waals surface area contributed by atoms with E-state index in [-0.39, 0.29) is 17.8 Å². The fraction of sp³-hybridized carbons (Fsp3) is 0.333. The SMILES string of the molecule is CS(=O)(=O)CS(=O)(=O)NCc1cc(C(=O)O)ccn1. The van der Waals surface area contributed by atoms with E-state index in [1.54, 1.807) is 0 Å². The van der Waals surface area contributed by atoms with Gasteiger partial charge < -0.3 is 5.11 Å². The van der Waals surface area contributed by atoms with Crippen LogP contribution in [0.4, 0.5) is 0 Å². The molecule has 0 unspecified atom stereocenters. The number of aromatic carboxylic acids is 1. The summed E-state index contributed by atoms with van der Waals surface area (Å²) >= 11 is 0. The maximum Gasteiger partial charge on any atom is 0.335 e. The van der Waals surface area contributed by atoms with Crippen molar-refractivity contribution in [1.82, 2.24) is 9.71 Å². The molecular formula is C9H12N2O6S2. The number of hydrogen-bond acceptors (Lipinski definition) is 6. The normalized spacial score (nSPS) is 12.3. The molecule has 0 aliphatic heterocycles. The van der Waals surface area contributed by atoms with Crippen LogP contribution in [0.15, 0.2) is 18.3 Å². The van der Waals surface area contributed by atoms with Crippen molar-refractivity contribution < 1.29 is 26.7 Å². The van der Waals surface area contributed by atoms with Crippen LogP contribution < -0.4 is 4.72 Å². The molecule has 0 aliphatic rings. The van der Waals surface area contributed by atoms with Gasteiger partial charge in [-0.2, -0.15) is 0 Å². The Balaban J connectivity index is 2.77. The van der Waals surface area contributed by atoms with Gasteiger partial charge >= 0.3 is 5.97 Å². The third-order valence-electron chi connectivity index (χ3n) is 1.91. The Morgan fingerprint density at radius 3 is 2.53 bits per heavy atom. The maximum atomic E-state index is 11.4. The summed E-state index contributed by atoms with van der Waals surface area (Å²) in [5, 5.41) is 7.72. The van der Waals surface area contributed by atoms with Crippen molar-refractivity contribution in [3.63, 3.8) is 0 Å². The first-order chi connectivity index (χ1) is 8.59. The van der Waals surface area contributed by atoms with Gasteiger partial charge in [0, 0.05) is 12.5 Å². The monoisotopic (exact) mass is 308 g/mol. The van der Waals surface area contributed by atoms with E-state index >= 15 is 0 Å². The Hall–Kier alpha value is -1.52. The molecule has 0 saturated carbocycles. The number of carboxylic acid groups (broad SMARTS) is 1. The molecule has 1 aromatic rings. The second kappa shape index (κ2) is 5.63. The molecule has 0 fully saturated rings. The number of carboxylic acids is 1. The number of sulfonamides is 1. The summed E-state index contributed by atoms with van der Waals surface area (Å²) in [7, 11) is -7.67. The van der Waals surface area contributed by atoms with E-state index in [1.807, 2.05) is 4.72 Å². The molecule has 1 aromatic heterocycles. The number of rotatable bonds is 6. The highest BCUT2D eigenvalue weighted by molar-refractivity contribution is 8.06. The molecule has 19 heavy (non-hydrogen) atoms. The number of hydrogen-bond donors (Lipinski definition) is 2. The van der Waals surface area contributed by atoms with E-state index < -0.39 is 30.9 Å². The summed E-state index contributed by atoms with van der Waals surface area (Å²) in [5.74, 6) is -1.16. The largest absolute Gasteiger partial charge is 0.478 e. The van der Waals surface area contributed by atoms with Crippen molar-refractivity contribution in [3.8, 4) is 0 Å². The second-order valence-corrected chi connectivity index (χ2v) is 8.13. The van der Waals surface area contributed by atoms with E-state index in [0.717, 1.165) is 6.26 Å². The average Bonchev–Trinajstić information content (AvgIpc) is 2.24. The summed E-state index contributed by atoms with van der Waals surface area (Å²) in [5.41, 5.74) is 0.143. The molecular weight excluding hydrogens is 296 g/mol. The van der Waals surface area contributed by atoms with Crippen molar-refractivity contribution in [3.05, 3.63) is 29.6 Å². The molecule has 1 rings (SSSR count). The number of nitrogens with zero attached hydrogens (tertiary/aromatic N) is 1. The van der Waals surface area contributed by atoms with Crippen molar-refractivity contribution in [1.29, 1.82) is 0 Å². The van der Waals surface area contributed by atoms with Gasteiger partial charge in [0.05, 0.1) is 17.8 Å². The lowest BCUT2D eigenvalue weighted by molar-refractivity contribution is 0.0696. The van der Waals surface area contributed by atoms with Crippen LogP contribution in [0, 0.1) is 0 Å². The molecule has 0 radical (unpaired) electrons. The van der Waals surface area contributed by atoms with Gasteiger partial charge in [0.1, 0.15) is 0 Å². The minimum absolute atomic E-state index is 0.0349. The first-order valence-corrected chi connectivity index (χ1v) is 8.64. The summed E-state index contributed by atoms with van der Waals surface area (Å²) < 4.78 is 46.6. The first kappa shape index (κ1) is 15.5. The third-order valence-corrected chi connectivity index (χ3v) is 5.44. The van der Waals surface area contributed by atoms with Gasteiger partial charge in [0.2, 0.25) is 10.0 Å². The molecule has 8 nitrogen and oxygen atoms in total. The quantitative estimate of drug-likeness (QED) is 0.703. The fourth-order valence-corrected chi connectivity index (χ4v) is 4.17. The van der Waals surface area contributed by atoms with Crippen LogP contribution >= 0.6 is 0 Å². The number of carbonyl (C=O) groups is 1. The predicted octanol–water partition coefficient (Wildman–Crippen LogP) is -0.799. The van der Waals surface area contributed by atoms with E-state index in [9.17, 15) is 21.6 Å². The van der Waals surface area contributed by atoms with Crippen LogP contribution in [-0.2, 0) is 26.4 Å². The van der Waals surface area contributed by atoms with Gasteiger partial charge in [-0.05, 0) is 12.1 Å². The zero-order valence-electron chi connectivity index (χ0n) is 9.90. The van der Waals surface area contributed by atoms with Crippen molar-refractivity contribution in [2.24, 2.45) is 0 Å². The molecule has 1 heterocycles. The third kappa shape index (κ3) is 5.77. The molecule has 0 amide bonds. The smallest absolute Gasteiger partial charge is 0.335 e. The van der Waals surface area contributed by atoms with E-state index in [2.05, 4.69) is 4.98 Å². The predicted molar refractivity (Wildman–Crippen MR) is 66.7 cm³/mol. The van der Waals surface area contributed by atoms with Crippen molar-refractivity contribution in [2.45, 2.75) is 6.54 Å². The number of nitrogens with one attached hydrogen (secondary N) is 1. The zero-order chi connectivity index (χ0) is 14.7. The highest BCUT2D eigenvalue weighted by atomic mass is 32.3. The van der Waals surface area contributed by atoms with E-state index in [4.69, 9.17) is 5.11 Å². The molecule has 0 bridgehead atoms. The molecule has 0 aromatic carbocycles. The topological polar surface area (TPSA) is 130 Å². The van der Waals surface area contributed by atoms with Gasteiger partial charge in [-0.1, -0.05) is 0 Å². The Morgan fingerprint density at radius 2 is 2.00 bits per heavy atom. The Labute approximate surface area is 110 Å². The molecule has 2 N–H and O–H groups in total. The molecule has 0 aliphatic carbocycles. The number of pyridine rings is 1. The van der Waals surface area contributed by atoms with Crippen LogP contribution in [-0.4, -0.2) is 44.2 Å². The van der Waals surface area contributed by atoms with Crippen LogP contribution in [0.3, 0.4) is 0 Å². The number of aromatic nitrogens is 1. The van der Waals surface area contributed by atoms with Crippen LogP contribution in [0.5, 0.6) is 0 Å². The van der Waals surface area contributed by atoms with Crippen LogP contribution in [0.25, 0.3) is 0 Å². The van der Waals surface area contributed by atoms with Crippen molar-refractivity contribution >= 4 is 25.8 Å². The zero-order valence-corrected chi connectivity index (χ0v) is 11.5. The molecule has 106 valence electrons. The number of sulfone groups is 1. The maximum absolute atomic E-state index is 11.4. The lowest BCUT2D eigenvalue weighted by Crippen LogP contribution is -2.29. The minimum Gasteiger partial charge on any atom is -0.478 e. The Morgan fingerprint density at radius 1 is 1.37 bits per heavy atom. The highest BCUT2D eigenvalue weighted by Gasteiger charge is 2.18. The molecule has 10 heteroatoms. The standard InChI is InChI=1S/C9H12N2O6S2/c1-18(14,15)6-19(16,17)11-5-8-4-7(9(12)13)2-3-10-8/h2-4,11H,5-6H2,1H3,(H,12,13). The lowest BCUT2D eigenvalue weighted by Gasteiger charge is -2.05. The fourth-order valence-electron chi connectivity index (χ4n) is 1.22. The van der Waals surface area contributed by atoms with E-state index in [1.165, 1.54) is 18.3 Å². The molecule has 0 spiro atoms. The molecule has 0 saturated heterocycles. The van der Waals surface area contributed by atoms with E-state index in [0.29, 0.717) is 0 Å². The molecule has 0 atom stereocenters. The Bertz CT molecular complexity index is 680. The van der Waals surface area contributed by atoms with Gasteiger partial charge in [0.25, 0.3) is 0 Å². The average molecular weight is 308 g/mol. The van der Waals surface area contributed by atoms with Gasteiger partial charge in [-0.3, -0.25) is 4.98 Å². The summed E-state index contributed by atoms with van der Waals surface area (Å²) in [6.07, 6.45) is 2.03. The van der Waals surface area contributed by atoms with Crippen molar-refractivity contribution in [2.75, 3.05) is 11.3 Å². The minimum atomic E-state index is -4.00. The second-order valence-electron chi connectivity index (χ2n) is 3.82. The summed E-state index contributed by atoms with van der Waals surface area (Å²) in [6, 6.07) is 2.46. The summed E-state index contributed by atoms with van der Waals surface area (Å²) in [6.45, 7) is -0.279. The highest BCUT2D eigenvalue weighted by Crippen LogP contribution is 2.03. The Kier molecular flexibility index (Phi) is 4.61. The first-order valence-electron chi connectivity index (χ1n) is 4.92. The van der Waals surface area contributed by atoms with Gasteiger partial charge in [-0.15, -0.1) is 0 Å². The van der Waals surface area contributed by atoms with Crippen LogP contribution in [0.2, 0.25) is 0 Å². The van der Waals surface area contributed by atoms with Crippen LogP contribution in [0.1, 0.15) is 16.1 Å². The van der Waals surface area contributed by atoms with Gasteiger partial charge in [0.15, 0.2) is 14.9 Å². The lowest BCUT2D eigenvalue weighted by atomic mass is 10.2. The van der Waals surface area contributed by atoms with Gasteiger partial charge in [-0.25, -0.2) is 26.4 Å².